The van der Waals surface area contributed by atoms with Gasteiger partial charge in [-0.2, -0.15) is 5.26 Å². The summed E-state index contributed by atoms with van der Waals surface area (Å²) in [5.74, 6) is 0. The number of nitriles is 1. The quantitative estimate of drug-likeness (QED) is 0.542. The molecule has 1 aromatic carbocycles. The third-order valence-electron chi connectivity index (χ3n) is 2.04. The van der Waals surface area contributed by atoms with E-state index < -0.39 is 4.92 Å². The van der Waals surface area contributed by atoms with Crippen LogP contribution in [0.2, 0.25) is 0 Å². The van der Waals surface area contributed by atoms with Crippen LogP contribution < -0.4 is 0 Å². The lowest BCUT2D eigenvalue weighted by Crippen LogP contribution is -1.93. The molecule has 4 heteroatoms. The van der Waals surface area contributed by atoms with Crippen LogP contribution in [-0.2, 0) is 6.42 Å². The highest BCUT2D eigenvalue weighted by Gasteiger charge is 2.07. The van der Waals surface area contributed by atoms with Gasteiger partial charge in [-0.05, 0) is 24.5 Å². The van der Waals surface area contributed by atoms with Crippen molar-refractivity contribution in [3.63, 3.8) is 0 Å². The number of non-ortho nitro benzene ring substituents is 1. The summed E-state index contributed by atoms with van der Waals surface area (Å²) in [5, 5.41) is 18.8. The maximum Gasteiger partial charge on any atom is 0.269 e. The lowest BCUT2D eigenvalue weighted by atomic mass is 10.0. The Bertz CT molecular complexity index is 394. The molecule has 4 nitrogen and oxygen atoms in total. The van der Waals surface area contributed by atoms with Gasteiger partial charge in [-0.15, -0.1) is 0 Å². The molecule has 0 radical (unpaired) electrons. The average Bonchev–Trinajstić information content (AvgIpc) is 2.15. The Balaban J connectivity index is 2.91. The van der Waals surface area contributed by atoms with Crippen LogP contribution in [0.25, 0.3) is 0 Å². The van der Waals surface area contributed by atoms with E-state index in [9.17, 15) is 10.1 Å². The number of nitro groups is 1. The second-order valence-electron chi connectivity index (χ2n) is 3.03. The van der Waals surface area contributed by atoms with Crippen molar-refractivity contribution < 1.29 is 4.92 Å². The Morgan fingerprint density at radius 2 is 2.29 bits per heavy atom. The van der Waals surface area contributed by atoms with Crippen LogP contribution >= 0.6 is 0 Å². The van der Waals surface area contributed by atoms with Crippen molar-refractivity contribution in [2.24, 2.45) is 0 Å². The van der Waals surface area contributed by atoms with E-state index in [4.69, 9.17) is 5.26 Å². The second-order valence-corrected chi connectivity index (χ2v) is 3.03. The fraction of sp³-hybridized carbons (Fsp3) is 0.300. The fourth-order valence-corrected chi connectivity index (χ4v) is 1.26. The van der Waals surface area contributed by atoms with Crippen LogP contribution in [0.1, 0.15) is 17.5 Å². The molecular weight excluding hydrogens is 180 g/mol. The smallest absolute Gasteiger partial charge is 0.258 e. The number of rotatable bonds is 3. The van der Waals surface area contributed by atoms with Crippen molar-refractivity contribution in [1.82, 2.24) is 0 Å². The van der Waals surface area contributed by atoms with Crippen LogP contribution in [0.5, 0.6) is 0 Å². The monoisotopic (exact) mass is 190 g/mol. The van der Waals surface area contributed by atoms with Gasteiger partial charge in [-0.1, -0.05) is 6.07 Å². The Hall–Kier alpha value is -1.89. The Morgan fingerprint density at radius 1 is 1.57 bits per heavy atom. The molecule has 14 heavy (non-hydrogen) atoms. The van der Waals surface area contributed by atoms with Crippen LogP contribution in [0, 0.1) is 28.4 Å². The average molecular weight is 190 g/mol. The normalized spacial score (nSPS) is 9.43. The first-order valence-corrected chi connectivity index (χ1v) is 4.26. The van der Waals surface area contributed by atoms with Crippen molar-refractivity contribution >= 4 is 5.69 Å². The van der Waals surface area contributed by atoms with E-state index in [-0.39, 0.29) is 5.69 Å². The fourth-order valence-electron chi connectivity index (χ4n) is 1.26. The van der Waals surface area contributed by atoms with Crippen molar-refractivity contribution in [3.05, 3.63) is 39.4 Å². The standard InChI is InChI=1S/C10H10N2O2/c1-8-7-10(12(13)14)5-4-9(8)3-2-6-11/h4-5,7H,2-3H2,1H3. The van der Waals surface area contributed by atoms with Gasteiger partial charge in [0.05, 0.1) is 11.0 Å². The third kappa shape index (κ3) is 2.30. The third-order valence-corrected chi connectivity index (χ3v) is 2.04. The van der Waals surface area contributed by atoms with Gasteiger partial charge in [0.25, 0.3) is 5.69 Å². The maximum atomic E-state index is 10.4. The number of nitrogens with zero attached hydrogens (tertiary/aromatic N) is 2. The highest BCUT2D eigenvalue weighted by atomic mass is 16.6. The predicted molar refractivity (Wildman–Crippen MR) is 51.8 cm³/mol. The molecule has 0 aliphatic carbocycles. The molecule has 0 aliphatic heterocycles. The highest BCUT2D eigenvalue weighted by Crippen LogP contribution is 2.17. The molecule has 0 unspecified atom stereocenters. The molecule has 0 atom stereocenters. The Kier molecular flexibility index (Phi) is 3.19. The molecule has 0 saturated carbocycles. The van der Waals surface area contributed by atoms with Gasteiger partial charge >= 0.3 is 0 Å². The molecule has 0 aliphatic rings. The predicted octanol–water partition coefficient (Wildman–Crippen LogP) is 2.36. The molecule has 0 aromatic heterocycles. The number of hydrogen-bond acceptors (Lipinski definition) is 3. The molecule has 0 fully saturated rings. The second kappa shape index (κ2) is 4.38. The van der Waals surface area contributed by atoms with Crippen LogP contribution in [0.15, 0.2) is 18.2 Å². The highest BCUT2D eigenvalue weighted by molar-refractivity contribution is 5.39. The summed E-state index contributed by atoms with van der Waals surface area (Å²) < 4.78 is 0. The summed E-state index contributed by atoms with van der Waals surface area (Å²) in [5.41, 5.74) is 1.97. The van der Waals surface area contributed by atoms with E-state index in [1.165, 1.54) is 12.1 Å². The van der Waals surface area contributed by atoms with E-state index >= 15 is 0 Å². The molecule has 72 valence electrons. The minimum absolute atomic E-state index is 0.100. The van der Waals surface area contributed by atoms with Gasteiger partial charge in [0.2, 0.25) is 0 Å². The van der Waals surface area contributed by atoms with E-state index in [2.05, 4.69) is 0 Å². The molecule has 1 rings (SSSR count). The van der Waals surface area contributed by atoms with Gasteiger partial charge in [-0.3, -0.25) is 10.1 Å². The van der Waals surface area contributed by atoms with E-state index in [0.717, 1.165) is 11.1 Å². The number of hydrogen-bond donors (Lipinski definition) is 0. The number of aryl methyl sites for hydroxylation is 2. The summed E-state index contributed by atoms with van der Waals surface area (Å²) in [7, 11) is 0. The topological polar surface area (TPSA) is 66.9 Å². The van der Waals surface area contributed by atoms with Crippen molar-refractivity contribution in [3.8, 4) is 6.07 Å². The summed E-state index contributed by atoms with van der Waals surface area (Å²) in [6.45, 7) is 1.82. The zero-order chi connectivity index (χ0) is 10.6. The number of nitro benzene ring substituents is 1. The molecule has 1 aromatic rings. The molecule has 0 bridgehead atoms. The van der Waals surface area contributed by atoms with Crippen molar-refractivity contribution in [2.75, 3.05) is 0 Å². The zero-order valence-corrected chi connectivity index (χ0v) is 7.86. The zero-order valence-electron chi connectivity index (χ0n) is 7.86. The SMILES string of the molecule is Cc1cc([N+](=O)[O-])ccc1CCC#N. The lowest BCUT2D eigenvalue weighted by Gasteiger charge is -2.02. The van der Waals surface area contributed by atoms with Crippen LogP contribution in [-0.4, -0.2) is 4.92 Å². The Morgan fingerprint density at radius 3 is 2.79 bits per heavy atom. The maximum absolute atomic E-state index is 10.4. The van der Waals surface area contributed by atoms with E-state index in [1.54, 1.807) is 6.07 Å². The van der Waals surface area contributed by atoms with Gasteiger partial charge in [0.15, 0.2) is 0 Å². The molecular formula is C10H10N2O2. The van der Waals surface area contributed by atoms with E-state index in [1.807, 2.05) is 13.0 Å². The van der Waals surface area contributed by atoms with Crippen molar-refractivity contribution in [1.29, 1.82) is 5.26 Å². The first kappa shape index (κ1) is 10.2. The minimum Gasteiger partial charge on any atom is -0.258 e. The largest absolute Gasteiger partial charge is 0.269 e. The van der Waals surface area contributed by atoms with Gasteiger partial charge < -0.3 is 0 Å². The van der Waals surface area contributed by atoms with Crippen molar-refractivity contribution in [2.45, 2.75) is 19.8 Å². The molecule has 0 spiro atoms. The summed E-state index contributed by atoms with van der Waals surface area (Å²) in [4.78, 5) is 10.0. The van der Waals surface area contributed by atoms with Gasteiger partial charge in [0, 0.05) is 18.6 Å². The van der Waals surface area contributed by atoms with E-state index in [0.29, 0.717) is 12.8 Å². The summed E-state index contributed by atoms with van der Waals surface area (Å²) in [6.07, 6.45) is 1.10. The molecule has 0 saturated heterocycles. The molecule has 0 heterocycles. The molecule has 0 N–H and O–H groups in total. The first-order valence-electron chi connectivity index (χ1n) is 4.26. The first-order chi connectivity index (χ1) is 6.65. The summed E-state index contributed by atoms with van der Waals surface area (Å²) >= 11 is 0. The Labute approximate surface area is 81.9 Å². The van der Waals surface area contributed by atoms with Crippen LogP contribution in [0.3, 0.4) is 0 Å². The van der Waals surface area contributed by atoms with Gasteiger partial charge in [0.1, 0.15) is 0 Å². The summed E-state index contributed by atoms with van der Waals surface area (Å²) in [6, 6.07) is 6.77. The molecule has 0 amide bonds. The lowest BCUT2D eigenvalue weighted by molar-refractivity contribution is -0.384. The van der Waals surface area contributed by atoms with Crippen LogP contribution in [0.4, 0.5) is 5.69 Å². The minimum atomic E-state index is -0.416. The van der Waals surface area contributed by atoms with Gasteiger partial charge in [-0.25, -0.2) is 0 Å². The number of benzene rings is 1.